The topological polar surface area (TPSA) is 76.6 Å². The molecule has 29 heavy (non-hydrogen) atoms. The molecule has 1 unspecified atom stereocenters. The van der Waals surface area contributed by atoms with Crippen molar-refractivity contribution in [3.63, 3.8) is 0 Å². The van der Waals surface area contributed by atoms with Gasteiger partial charge in [-0.25, -0.2) is 4.98 Å². The Kier molecular flexibility index (Phi) is 6.56. The second kappa shape index (κ2) is 9.69. The molecule has 7 nitrogen and oxygen atoms in total. The molecule has 1 N–H and O–H groups in total. The molecule has 2 aliphatic heterocycles. The molecule has 0 radical (unpaired) electrons. The molecule has 1 aromatic carbocycles. The minimum Gasteiger partial charge on any atom is -0.489 e. The number of ether oxygens (including phenoxy) is 2. The number of anilines is 2. The summed E-state index contributed by atoms with van der Waals surface area (Å²) in [6.07, 6.45) is 10.2. The molecular formula is C22H28N4O3. The van der Waals surface area contributed by atoms with Crippen molar-refractivity contribution in [2.24, 2.45) is 5.92 Å². The maximum Gasteiger partial charge on any atom is 0.227 e. The Bertz CT molecular complexity index is 788. The molecule has 3 heterocycles. The fourth-order valence-electron chi connectivity index (χ4n) is 3.88. The second-order valence-corrected chi connectivity index (χ2v) is 7.61. The van der Waals surface area contributed by atoms with Crippen LogP contribution in [0.2, 0.25) is 0 Å². The number of piperidine rings is 1. The lowest BCUT2D eigenvalue weighted by atomic mass is 9.96. The third-order valence-electron chi connectivity index (χ3n) is 5.58. The Labute approximate surface area is 171 Å². The van der Waals surface area contributed by atoms with Crippen LogP contribution in [0.15, 0.2) is 42.9 Å². The number of rotatable bonds is 6. The Balaban J connectivity index is 1.30. The first-order valence-electron chi connectivity index (χ1n) is 10.4. The number of benzene rings is 1. The van der Waals surface area contributed by atoms with Gasteiger partial charge in [0.05, 0.1) is 18.0 Å². The molecule has 154 valence electrons. The van der Waals surface area contributed by atoms with E-state index in [4.69, 9.17) is 9.47 Å². The molecule has 0 aliphatic carbocycles. The average Bonchev–Trinajstić information content (AvgIpc) is 2.80. The van der Waals surface area contributed by atoms with Crippen LogP contribution >= 0.6 is 0 Å². The summed E-state index contributed by atoms with van der Waals surface area (Å²) >= 11 is 0. The minimum absolute atomic E-state index is 0.0161. The summed E-state index contributed by atoms with van der Waals surface area (Å²) in [5.41, 5.74) is 0.727. The van der Waals surface area contributed by atoms with Gasteiger partial charge in [0.1, 0.15) is 18.2 Å². The van der Waals surface area contributed by atoms with Crippen molar-refractivity contribution in [2.45, 2.75) is 38.2 Å². The highest BCUT2D eigenvalue weighted by atomic mass is 16.5. The fraction of sp³-hybridized carbons (Fsp3) is 0.500. The Morgan fingerprint density at radius 3 is 2.79 bits per heavy atom. The largest absolute Gasteiger partial charge is 0.489 e. The van der Waals surface area contributed by atoms with Gasteiger partial charge in [-0.15, -0.1) is 0 Å². The molecule has 2 saturated heterocycles. The second-order valence-electron chi connectivity index (χ2n) is 7.61. The van der Waals surface area contributed by atoms with Crippen molar-refractivity contribution < 1.29 is 14.3 Å². The van der Waals surface area contributed by atoms with E-state index in [1.807, 2.05) is 24.3 Å². The van der Waals surface area contributed by atoms with Crippen molar-refractivity contribution in [3.05, 3.63) is 42.9 Å². The fourth-order valence-corrected chi connectivity index (χ4v) is 3.88. The zero-order valence-corrected chi connectivity index (χ0v) is 16.6. The lowest BCUT2D eigenvalue weighted by molar-refractivity contribution is -0.120. The molecule has 1 aromatic heterocycles. The predicted molar refractivity (Wildman–Crippen MR) is 111 cm³/mol. The van der Waals surface area contributed by atoms with Gasteiger partial charge in [0.15, 0.2) is 0 Å². The number of para-hydroxylation sites is 2. The smallest absolute Gasteiger partial charge is 0.227 e. The van der Waals surface area contributed by atoms with Crippen molar-refractivity contribution >= 4 is 17.4 Å². The average molecular weight is 396 g/mol. The van der Waals surface area contributed by atoms with Gasteiger partial charge >= 0.3 is 0 Å². The molecule has 1 atom stereocenters. The van der Waals surface area contributed by atoms with Gasteiger partial charge < -0.3 is 19.7 Å². The van der Waals surface area contributed by atoms with Gasteiger partial charge in [-0.05, 0) is 44.2 Å². The summed E-state index contributed by atoms with van der Waals surface area (Å²) in [6, 6.07) is 7.63. The molecule has 2 aliphatic rings. The van der Waals surface area contributed by atoms with Gasteiger partial charge in [0.2, 0.25) is 5.91 Å². The molecule has 1 amide bonds. The van der Waals surface area contributed by atoms with Crippen LogP contribution in [0.3, 0.4) is 0 Å². The van der Waals surface area contributed by atoms with E-state index >= 15 is 0 Å². The van der Waals surface area contributed by atoms with Crippen LogP contribution in [-0.2, 0) is 9.53 Å². The molecule has 2 aromatic rings. The van der Waals surface area contributed by atoms with Gasteiger partial charge in [0.25, 0.3) is 0 Å². The quantitative estimate of drug-likeness (QED) is 0.808. The third-order valence-corrected chi connectivity index (χ3v) is 5.58. The maximum atomic E-state index is 12.8. The van der Waals surface area contributed by atoms with Crippen LogP contribution in [0.5, 0.6) is 5.75 Å². The number of nitrogens with zero attached hydrogens (tertiary/aromatic N) is 3. The minimum atomic E-state index is -0.0161. The number of carbonyl (C=O) groups excluding carboxylic acids is 1. The van der Waals surface area contributed by atoms with Gasteiger partial charge in [-0.3, -0.25) is 9.78 Å². The normalized spacial score (nSPS) is 20.3. The summed E-state index contributed by atoms with van der Waals surface area (Å²) in [5.74, 6) is 1.61. The number of nitrogens with one attached hydrogen (secondary N) is 1. The maximum absolute atomic E-state index is 12.8. The van der Waals surface area contributed by atoms with Crippen molar-refractivity contribution in [1.29, 1.82) is 0 Å². The number of hydrogen-bond acceptors (Lipinski definition) is 6. The standard InChI is InChI=1S/C22H28N4O3/c27-22(17-8-12-26(13-9-17)21-15-23-10-11-24-21)25-19-6-1-2-7-20(19)29-16-18-5-3-4-14-28-18/h1-2,6-7,10-11,15,17-18H,3-5,8-9,12-14,16H2,(H,25,27). The van der Waals surface area contributed by atoms with Crippen LogP contribution in [0.1, 0.15) is 32.1 Å². The summed E-state index contributed by atoms with van der Waals surface area (Å²) in [7, 11) is 0. The van der Waals surface area contributed by atoms with Crippen molar-refractivity contribution in [1.82, 2.24) is 9.97 Å². The zero-order chi connectivity index (χ0) is 19.9. The van der Waals surface area contributed by atoms with Crippen LogP contribution in [-0.4, -0.2) is 48.3 Å². The van der Waals surface area contributed by atoms with E-state index in [9.17, 15) is 4.79 Å². The molecule has 0 saturated carbocycles. The van der Waals surface area contributed by atoms with E-state index < -0.39 is 0 Å². The van der Waals surface area contributed by atoms with Crippen LogP contribution in [0.4, 0.5) is 11.5 Å². The van der Waals surface area contributed by atoms with E-state index in [2.05, 4.69) is 20.2 Å². The molecular weight excluding hydrogens is 368 g/mol. The summed E-state index contributed by atoms with van der Waals surface area (Å²) in [5, 5.41) is 3.07. The molecule has 4 rings (SSSR count). The van der Waals surface area contributed by atoms with Crippen molar-refractivity contribution in [3.8, 4) is 5.75 Å². The van der Waals surface area contributed by atoms with E-state index in [-0.39, 0.29) is 17.9 Å². The number of hydrogen-bond donors (Lipinski definition) is 1. The first-order valence-corrected chi connectivity index (χ1v) is 10.4. The third kappa shape index (κ3) is 5.23. The number of carbonyl (C=O) groups is 1. The number of aromatic nitrogens is 2. The summed E-state index contributed by atoms with van der Waals surface area (Å²) in [6.45, 7) is 2.92. The van der Waals surface area contributed by atoms with Gasteiger partial charge in [-0.2, -0.15) is 0 Å². The molecule has 7 heteroatoms. The predicted octanol–water partition coefficient (Wildman–Crippen LogP) is 3.28. The molecule has 0 bridgehead atoms. The van der Waals surface area contributed by atoms with Gasteiger partial charge in [0, 0.05) is 38.0 Å². The SMILES string of the molecule is O=C(Nc1ccccc1OCC1CCCCO1)C1CCN(c2cnccn2)CC1. The summed E-state index contributed by atoms with van der Waals surface area (Å²) < 4.78 is 11.7. The van der Waals surface area contributed by atoms with Crippen LogP contribution in [0, 0.1) is 5.92 Å². The number of amides is 1. The lowest BCUT2D eigenvalue weighted by Gasteiger charge is -2.32. The highest BCUT2D eigenvalue weighted by molar-refractivity contribution is 5.94. The van der Waals surface area contributed by atoms with Crippen LogP contribution in [0.25, 0.3) is 0 Å². The van der Waals surface area contributed by atoms with Gasteiger partial charge in [-0.1, -0.05) is 12.1 Å². The first-order chi connectivity index (χ1) is 14.3. The van der Waals surface area contributed by atoms with E-state index in [1.54, 1.807) is 18.6 Å². The Hall–Kier alpha value is -2.67. The van der Waals surface area contributed by atoms with Crippen molar-refractivity contribution in [2.75, 3.05) is 36.5 Å². The zero-order valence-electron chi connectivity index (χ0n) is 16.6. The van der Waals surface area contributed by atoms with E-state index in [0.29, 0.717) is 12.4 Å². The molecule has 2 fully saturated rings. The lowest BCUT2D eigenvalue weighted by Crippen LogP contribution is -2.38. The molecule has 0 spiro atoms. The summed E-state index contributed by atoms with van der Waals surface area (Å²) in [4.78, 5) is 23.5. The highest BCUT2D eigenvalue weighted by Crippen LogP contribution is 2.28. The monoisotopic (exact) mass is 396 g/mol. The highest BCUT2D eigenvalue weighted by Gasteiger charge is 2.26. The van der Waals surface area contributed by atoms with E-state index in [0.717, 1.165) is 56.9 Å². The van der Waals surface area contributed by atoms with E-state index in [1.165, 1.54) is 6.42 Å². The van der Waals surface area contributed by atoms with Crippen LogP contribution < -0.4 is 15.0 Å². The Morgan fingerprint density at radius 1 is 1.17 bits per heavy atom. The first kappa shape index (κ1) is 19.6. The Morgan fingerprint density at radius 2 is 2.03 bits per heavy atom.